The molecule has 1 saturated heterocycles. The molecular formula is C27H26N4O6. The van der Waals surface area contributed by atoms with Gasteiger partial charge in [0.15, 0.2) is 11.5 Å². The summed E-state index contributed by atoms with van der Waals surface area (Å²) in [5.74, 6) is 1.57. The number of urea groups is 1. The second kappa shape index (κ2) is 9.20. The molecule has 10 heteroatoms. The number of rotatable bonds is 4. The van der Waals surface area contributed by atoms with E-state index in [4.69, 9.17) is 14.2 Å². The molecule has 1 fully saturated rings. The van der Waals surface area contributed by atoms with Gasteiger partial charge in [0.2, 0.25) is 6.79 Å². The summed E-state index contributed by atoms with van der Waals surface area (Å²) in [6, 6.07) is 15.1. The number of likely N-dealkylation sites (tertiary alicyclic amines) is 1. The largest absolute Gasteiger partial charge is 0.497 e. The number of hydrogen-bond donors (Lipinski definition) is 2. The normalized spacial score (nSPS) is 19.1. The van der Waals surface area contributed by atoms with Crippen molar-refractivity contribution in [2.45, 2.75) is 18.9 Å². The maximum absolute atomic E-state index is 13.1. The SMILES string of the molecule is COc1ccc(NC(=O)N2C[C@H]3C[C@H](C2)c2c(NC(=O)c4ccc5c(c4)OCO5)ccc(=O)n2C3)cc1. The van der Waals surface area contributed by atoms with Gasteiger partial charge in [-0.3, -0.25) is 9.59 Å². The number of carbonyl (C=O) groups is 2. The number of hydrogen-bond acceptors (Lipinski definition) is 6. The molecule has 3 aliphatic rings. The molecule has 1 aromatic heterocycles. The first kappa shape index (κ1) is 23.0. The van der Waals surface area contributed by atoms with Crippen LogP contribution in [0.25, 0.3) is 0 Å². The number of aromatic nitrogens is 1. The average molecular weight is 503 g/mol. The van der Waals surface area contributed by atoms with Gasteiger partial charge >= 0.3 is 6.03 Å². The fourth-order valence-electron chi connectivity index (χ4n) is 5.40. The molecule has 0 saturated carbocycles. The molecule has 3 aliphatic heterocycles. The summed E-state index contributed by atoms with van der Waals surface area (Å²) in [6.45, 7) is 1.61. The molecule has 0 radical (unpaired) electrons. The van der Waals surface area contributed by atoms with E-state index in [-0.39, 0.29) is 36.1 Å². The van der Waals surface area contributed by atoms with Crippen LogP contribution >= 0.6 is 0 Å². The number of fused-ring (bicyclic) bond motifs is 5. The predicted molar refractivity (Wildman–Crippen MR) is 136 cm³/mol. The zero-order valence-corrected chi connectivity index (χ0v) is 20.2. The Kier molecular flexibility index (Phi) is 5.71. The second-order valence-electron chi connectivity index (χ2n) is 9.47. The Labute approximate surface area is 212 Å². The van der Waals surface area contributed by atoms with Crippen LogP contribution in [-0.2, 0) is 6.54 Å². The van der Waals surface area contributed by atoms with Crippen molar-refractivity contribution in [1.82, 2.24) is 9.47 Å². The van der Waals surface area contributed by atoms with Crippen LogP contribution in [0.1, 0.15) is 28.4 Å². The fraction of sp³-hybridized carbons (Fsp3) is 0.296. The van der Waals surface area contributed by atoms with E-state index in [1.54, 1.807) is 65.1 Å². The standard InChI is InChI=1S/C27H26N4O6/c1-35-20-5-3-19(4-6-20)28-27(34)30-12-16-10-18(14-30)25-21(7-9-24(32)31(25)13-16)29-26(33)17-2-8-22-23(11-17)37-15-36-22/h2-9,11,16,18H,10,12-15H2,1H3,(H,28,34)(H,29,33)/t16-,18-/m1/s1. The molecule has 4 heterocycles. The Morgan fingerprint density at radius 1 is 0.946 bits per heavy atom. The van der Waals surface area contributed by atoms with E-state index in [1.165, 1.54) is 6.07 Å². The minimum Gasteiger partial charge on any atom is -0.497 e. The molecule has 2 aromatic carbocycles. The van der Waals surface area contributed by atoms with E-state index < -0.39 is 0 Å². The molecule has 6 rings (SSSR count). The van der Waals surface area contributed by atoms with Gasteiger partial charge in [-0.1, -0.05) is 0 Å². The lowest BCUT2D eigenvalue weighted by molar-refractivity contribution is 0.102. The van der Waals surface area contributed by atoms with Crippen molar-refractivity contribution in [3.05, 3.63) is 76.2 Å². The Hall–Kier alpha value is -4.47. The molecule has 2 atom stereocenters. The van der Waals surface area contributed by atoms with Crippen molar-refractivity contribution in [3.8, 4) is 17.2 Å². The molecule has 3 aromatic rings. The van der Waals surface area contributed by atoms with E-state index in [1.807, 2.05) is 0 Å². The Balaban J connectivity index is 1.23. The highest BCUT2D eigenvalue weighted by Gasteiger charge is 2.38. The average Bonchev–Trinajstić information content (AvgIpc) is 3.38. The molecular weight excluding hydrogens is 476 g/mol. The minimum absolute atomic E-state index is 0.0879. The predicted octanol–water partition coefficient (Wildman–Crippen LogP) is 3.49. The second-order valence-corrected chi connectivity index (χ2v) is 9.47. The Morgan fingerprint density at radius 3 is 2.57 bits per heavy atom. The lowest BCUT2D eigenvalue weighted by atomic mass is 9.82. The van der Waals surface area contributed by atoms with Crippen molar-refractivity contribution in [2.75, 3.05) is 37.6 Å². The summed E-state index contributed by atoms with van der Waals surface area (Å²) in [4.78, 5) is 40.7. The van der Waals surface area contributed by atoms with Crippen LogP contribution in [0, 0.1) is 5.92 Å². The number of pyridine rings is 1. The van der Waals surface area contributed by atoms with Gasteiger partial charge in [0, 0.05) is 48.6 Å². The van der Waals surface area contributed by atoms with Crippen LogP contribution in [0.4, 0.5) is 16.2 Å². The van der Waals surface area contributed by atoms with Crippen LogP contribution in [0.3, 0.4) is 0 Å². The number of amides is 3. The van der Waals surface area contributed by atoms with E-state index in [9.17, 15) is 14.4 Å². The molecule has 10 nitrogen and oxygen atoms in total. The van der Waals surface area contributed by atoms with Crippen LogP contribution < -0.4 is 30.4 Å². The van der Waals surface area contributed by atoms with Crippen LogP contribution in [0.15, 0.2) is 59.4 Å². The van der Waals surface area contributed by atoms with Gasteiger partial charge in [-0.05, 0) is 60.9 Å². The summed E-state index contributed by atoms with van der Waals surface area (Å²) in [6.07, 6.45) is 0.836. The van der Waals surface area contributed by atoms with E-state index >= 15 is 0 Å². The van der Waals surface area contributed by atoms with Gasteiger partial charge in [-0.2, -0.15) is 0 Å². The first-order valence-corrected chi connectivity index (χ1v) is 12.1. The quantitative estimate of drug-likeness (QED) is 0.565. The highest BCUT2D eigenvalue weighted by molar-refractivity contribution is 6.05. The van der Waals surface area contributed by atoms with Gasteiger partial charge < -0.3 is 34.3 Å². The maximum Gasteiger partial charge on any atom is 0.321 e. The van der Waals surface area contributed by atoms with Gasteiger partial charge in [0.25, 0.3) is 11.5 Å². The zero-order chi connectivity index (χ0) is 25.5. The van der Waals surface area contributed by atoms with Crippen molar-refractivity contribution in [1.29, 1.82) is 0 Å². The van der Waals surface area contributed by atoms with E-state index in [0.29, 0.717) is 53.8 Å². The van der Waals surface area contributed by atoms with Crippen molar-refractivity contribution < 1.29 is 23.8 Å². The third kappa shape index (κ3) is 4.35. The molecule has 3 amide bonds. The van der Waals surface area contributed by atoms with Crippen molar-refractivity contribution >= 4 is 23.3 Å². The minimum atomic E-state index is -0.313. The lowest BCUT2D eigenvalue weighted by Gasteiger charge is -2.43. The third-order valence-electron chi connectivity index (χ3n) is 7.10. The van der Waals surface area contributed by atoms with Gasteiger partial charge in [0.05, 0.1) is 12.8 Å². The van der Waals surface area contributed by atoms with Gasteiger partial charge in [-0.25, -0.2) is 4.79 Å². The summed E-state index contributed by atoms with van der Waals surface area (Å²) in [5, 5.41) is 5.92. The summed E-state index contributed by atoms with van der Waals surface area (Å²) in [7, 11) is 1.59. The monoisotopic (exact) mass is 502 g/mol. The molecule has 0 unspecified atom stereocenters. The molecule has 2 N–H and O–H groups in total. The van der Waals surface area contributed by atoms with Gasteiger partial charge in [-0.15, -0.1) is 0 Å². The molecule has 0 aliphatic carbocycles. The number of carbonyl (C=O) groups excluding carboxylic acids is 2. The topological polar surface area (TPSA) is 111 Å². The van der Waals surface area contributed by atoms with Crippen molar-refractivity contribution in [2.24, 2.45) is 5.92 Å². The van der Waals surface area contributed by atoms with Crippen molar-refractivity contribution in [3.63, 3.8) is 0 Å². The van der Waals surface area contributed by atoms with E-state index in [0.717, 1.165) is 12.1 Å². The number of ether oxygens (including phenoxy) is 3. The Bertz CT molecular complexity index is 1430. The highest BCUT2D eigenvalue weighted by Crippen LogP contribution is 2.39. The summed E-state index contributed by atoms with van der Waals surface area (Å²) >= 11 is 0. The van der Waals surface area contributed by atoms with Gasteiger partial charge in [0.1, 0.15) is 5.75 Å². The molecule has 37 heavy (non-hydrogen) atoms. The molecule has 0 spiro atoms. The lowest BCUT2D eigenvalue weighted by Crippen LogP contribution is -2.50. The van der Waals surface area contributed by atoms with E-state index in [2.05, 4.69) is 10.6 Å². The first-order valence-electron chi connectivity index (χ1n) is 12.1. The number of methoxy groups -OCH3 is 1. The molecule has 190 valence electrons. The third-order valence-corrected chi connectivity index (χ3v) is 7.10. The fourth-order valence-corrected chi connectivity index (χ4v) is 5.40. The zero-order valence-electron chi connectivity index (χ0n) is 20.2. The van der Waals surface area contributed by atoms with Crippen LogP contribution in [0.5, 0.6) is 17.2 Å². The number of benzene rings is 2. The maximum atomic E-state index is 13.1. The number of nitrogens with zero attached hydrogens (tertiary/aromatic N) is 2. The first-order chi connectivity index (χ1) is 18.0. The Morgan fingerprint density at radius 2 is 1.76 bits per heavy atom. The summed E-state index contributed by atoms with van der Waals surface area (Å²) < 4.78 is 17.6. The summed E-state index contributed by atoms with van der Waals surface area (Å²) in [5.41, 5.74) is 2.31. The molecule has 2 bridgehead atoms. The number of nitrogens with one attached hydrogen (secondary N) is 2. The highest BCUT2D eigenvalue weighted by atomic mass is 16.7. The number of anilines is 2. The smallest absolute Gasteiger partial charge is 0.321 e. The number of piperidine rings is 1. The van der Waals surface area contributed by atoms with Crippen LogP contribution in [-0.4, -0.2) is 48.4 Å². The van der Waals surface area contributed by atoms with Crippen LogP contribution in [0.2, 0.25) is 0 Å².